The van der Waals surface area contributed by atoms with Crippen LogP contribution in [0.1, 0.15) is 27.0 Å². The van der Waals surface area contributed by atoms with E-state index >= 15 is 0 Å². The molecule has 2 aromatic carbocycles. The number of aromatic nitrogens is 1. The van der Waals surface area contributed by atoms with Crippen LogP contribution in [0.5, 0.6) is 11.5 Å². The second-order valence-corrected chi connectivity index (χ2v) is 7.25. The van der Waals surface area contributed by atoms with E-state index in [9.17, 15) is 9.90 Å². The Labute approximate surface area is 177 Å². The van der Waals surface area contributed by atoms with Crippen molar-refractivity contribution in [1.82, 2.24) is 4.98 Å². The number of nitrogens with zero attached hydrogens (tertiary/aromatic N) is 1. The number of carboxylic acid groups (broad SMARTS) is 1. The van der Waals surface area contributed by atoms with Crippen molar-refractivity contribution in [1.29, 1.82) is 0 Å². The number of aromatic carboxylic acids is 1. The third-order valence-electron chi connectivity index (χ3n) is 4.44. The van der Waals surface area contributed by atoms with E-state index < -0.39 is 5.97 Å². The lowest BCUT2D eigenvalue weighted by Crippen LogP contribution is -2.06. The van der Waals surface area contributed by atoms with E-state index in [0.717, 1.165) is 21.3 Å². The summed E-state index contributed by atoms with van der Waals surface area (Å²) in [7, 11) is 1.59. The molecule has 150 valence electrons. The third kappa shape index (κ3) is 5.06. The topological polar surface area (TPSA) is 80.7 Å². The van der Waals surface area contributed by atoms with Crippen LogP contribution in [0.25, 0.3) is 0 Å². The number of anilines is 1. The minimum Gasteiger partial charge on any atom is -0.493 e. The maximum Gasteiger partial charge on any atom is 0.336 e. The fourth-order valence-corrected chi connectivity index (χ4v) is 3.51. The van der Waals surface area contributed by atoms with E-state index in [-0.39, 0.29) is 5.56 Å². The third-order valence-corrected chi connectivity index (χ3v) is 5.03. The fraction of sp³-hybridized carbons (Fsp3) is 0.182. The first-order chi connectivity index (χ1) is 14.0. The molecule has 1 heterocycles. The van der Waals surface area contributed by atoms with Gasteiger partial charge < -0.3 is 19.9 Å². The molecule has 0 bridgehead atoms. The summed E-state index contributed by atoms with van der Waals surface area (Å²) in [4.78, 5) is 15.4. The summed E-state index contributed by atoms with van der Waals surface area (Å²) in [6.07, 6.45) is 3.47. The molecule has 0 aliphatic heterocycles. The Kier molecular flexibility index (Phi) is 6.72. The summed E-state index contributed by atoms with van der Waals surface area (Å²) in [6.45, 7) is 2.67. The van der Waals surface area contributed by atoms with Gasteiger partial charge in [-0.25, -0.2) is 4.79 Å². The van der Waals surface area contributed by atoms with E-state index in [0.29, 0.717) is 30.2 Å². The average molecular weight is 457 g/mol. The van der Waals surface area contributed by atoms with Gasteiger partial charge in [0, 0.05) is 30.2 Å². The zero-order valence-electron chi connectivity index (χ0n) is 16.1. The van der Waals surface area contributed by atoms with E-state index in [1.807, 2.05) is 30.3 Å². The van der Waals surface area contributed by atoms with Crippen LogP contribution in [0.4, 0.5) is 5.69 Å². The van der Waals surface area contributed by atoms with Crippen LogP contribution < -0.4 is 14.8 Å². The summed E-state index contributed by atoms with van der Waals surface area (Å²) in [5.74, 6) is 0.283. The van der Waals surface area contributed by atoms with Crippen LogP contribution in [0.3, 0.4) is 0 Å². The molecular weight excluding hydrogens is 436 g/mol. The maximum atomic E-state index is 11.3. The van der Waals surface area contributed by atoms with Crippen molar-refractivity contribution in [3.05, 3.63) is 81.6 Å². The van der Waals surface area contributed by atoms with Gasteiger partial charge in [-0.3, -0.25) is 4.98 Å². The van der Waals surface area contributed by atoms with Crippen molar-refractivity contribution in [2.45, 2.75) is 20.1 Å². The van der Waals surface area contributed by atoms with Crippen molar-refractivity contribution in [2.75, 3.05) is 12.4 Å². The van der Waals surface area contributed by atoms with E-state index in [1.54, 1.807) is 38.6 Å². The zero-order chi connectivity index (χ0) is 20.8. The number of halogens is 1. The number of ether oxygens (including phenoxy) is 2. The Morgan fingerprint density at radius 1 is 1.21 bits per heavy atom. The van der Waals surface area contributed by atoms with Gasteiger partial charge in [0.25, 0.3) is 0 Å². The van der Waals surface area contributed by atoms with Crippen molar-refractivity contribution in [3.63, 3.8) is 0 Å². The number of benzene rings is 2. The highest BCUT2D eigenvalue weighted by Crippen LogP contribution is 2.37. The fourth-order valence-electron chi connectivity index (χ4n) is 2.91. The minimum absolute atomic E-state index is 0.285. The smallest absolute Gasteiger partial charge is 0.336 e. The van der Waals surface area contributed by atoms with Crippen LogP contribution in [0.15, 0.2) is 59.3 Å². The van der Waals surface area contributed by atoms with Gasteiger partial charge >= 0.3 is 5.97 Å². The van der Waals surface area contributed by atoms with Gasteiger partial charge in [-0.2, -0.15) is 0 Å². The highest BCUT2D eigenvalue weighted by atomic mass is 79.9. The molecule has 0 aliphatic carbocycles. The van der Waals surface area contributed by atoms with Gasteiger partial charge in [0.05, 0.1) is 17.1 Å². The van der Waals surface area contributed by atoms with Gasteiger partial charge in [0.15, 0.2) is 11.5 Å². The monoisotopic (exact) mass is 456 g/mol. The van der Waals surface area contributed by atoms with Gasteiger partial charge in [-0.05, 0) is 64.3 Å². The molecule has 0 fully saturated rings. The van der Waals surface area contributed by atoms with Gasteiger partial charge in [-0.1, -0.05) is 12.1 Å². The van der Waals surface area contributed by atoms with Crippen molar-refractivity contribution in [3.8, 4) is 11.5 Å². The number of carbonyl (C=O) groups is 1. The first-order valence-electron chi connectivity index (χ1n) is 8.94. The summed E-state index contributed by atoms with van der Waals surface area (Å²) < 4.78 is 12.2. The molecule has 0 spiro atoms. The Morgan fingerprint density at radius 2 is 2.03 bits per heavy atom. The molecular formula is C22H21BrN2O4. The second-order valence-electron chi connectivity index (χ2n) is 6.40. The Morgan fingerprint density at radius 3 is 2.72 bits per heavy atom. The summed E-state index contributed by atoms with van der Waals surface area (Å²) in [6, 6.07) is 12.8. The molecule has 0 unspecified atom stereocenters. The highest BCUT2D eigenvalue weighted by molar-refractivity contribution is 9.10. The molecule has 0 atom stereocenters. The van der Waals surface area contributed by atoms with Crippen LogP contribution in [0, 0.1) is 6.92 Å². The van der Waals surface area contributed by atoms with Crippen LogP contribution in [0.2, 0.25) is 0 Å². The number of methoxy groups -OCH3 is 1. The first kappa shape index (κ1) is 20.7. The Hall–Kier alpha value is -3.06. The molecule has 0 saturated heterocycles. The second kappa shape index (κ2) is 9.43. The van der Waals surface area contributed by atoms with E-state index in [1.165, 1.54) is 0 Å². The number of hydrogen-bond donors (Lipinski definition) is 2. The standard InChI is InChI=1S/C22H21BrN2O4/c1-14-17(22(26)27)6-3-7-19(14)25-12-16-9-18(23)21(20(10-16)28-2)29-13-15-5-4-8-24-11-15/h3-11,25H,12-13H2,1-2H3,(H,26,27). The molecule has 1 aromatic heterocycles. The lowest BCUT2D eigenvalue weighted by molar-refractivity contribution is 0.0696. The Balaban J connectivity index is 1.75. The molecule has 6 nitrogen and oxygen atoms in total. The number of rotatable bonds is 8. The predicted molar refractivity (Wildman–Crippen MR) is 115 cm³/mol. The van der Waals surface area contributed by atoms with Gasteiger partial charge in [0.2, 0.25) is 0 Å². The lowest BCUT2D eigenvalue weighted by atomic mass is 10.1. The molecule has 29 heavy (non-hydrogen) atoms. The molecule has 0 amide bonds. The van der Waals surface area contributed by atoms with Gasteiger partial charge in [0.1, 0.15) is 6.61 Å². The average Bonchev–Trinajstić information content (AvgIpc) is 2.72. The molecule has 0 saturated carbocycles. The lowest BCUT2D eigenvalue weighted by Gasteiger charge is -2.16. The van der Waals surface area contributed by atoms with E-state index in [2.05, 4.69) is 26.2 Å². The summed E-state index contributed by atoms with van der Waals surface area (Å²) in [5.41, 5.74) is 3.68. The molecule has 0 radical (unpaired) electrons. The van der Waals surface area contributed by atoms with Crippen LogP contribution in [-0.2, 0) is 13.2 Å². The predicted octanol–water partition coefficient (Wildman–Crippen LogP) is 5.05. The largest absolute Gasteiger partial charge is 0.493 e. The van der Waals surface area contributed by atoms with Crippen molar-refractivity contribution >= 4 is 27.6 Å². The van der Waals surface area contributed by atoms with Crippen molar-refractivity contribution < 1.29 is 19.4 Å². The number of carboxylic acids is 1. The maximum absolute atomic E-state index is 11.3. The minimum atomic E-state index is -0.939. The Bertz CT molecular complexity index is 1010. The summed E-state index contributed by atoms with van der Waals surface area (Å²) >= 11 is 3.56. The molecule has 3 aromatic rings. The number of nitrogens with one attached hydrogen (secondary N) is 1. The van der Waals surface area contributed by atoms with E-state index in [4.69, 9.17) is 9.47 Å². The first-order valence-corrected chi connectivity index (χ1v) is 9.73. The SMILES string of the molecule is COc1cc(CNc2cccc(C(=O)O)c2C)cc(Br)c1OCc1cccnc1. The van der Waals surface area contributed by atoms with Crippen LogP contribution in [-0.4, -0.2) is 23.2 Å². The number of hydrogen-bond acceptors (Lipinski definition) is 5. The number of pyridine rings is 1. The van der Waals surface area contributed by atoms with Crippen LogP contribution >= 0.6 is 15.9 Å². The normalized spacial score (nSPS) is 10.4. The highest BCUT2D eigenvalue weighted by Gasteiger charge is 2.13. The molecule has 7 heteroatoms. The van der Waals surface area contributed by atoms with Crippen molar-refractivity contribution in [2.24, 2.45) is 0 Å². The molecule has 0 aliphatic rings. The molecule has 3 rings (SSSR count). The molecule has 2 N–H and O–H groups in total. The zero-order valence-corrected chi connectivity index (χ0v) is 17.7. The van der Waals surface area contributed by atoms with Gasteiger partial charge in [-0.15, -0.1) is 0 Å². The quantitative estimate of drug-likeness (QED) is 0.493. The summed E-state index contributed by atoms with van der Waals surface area (Å²) in [5, 5.41) is 12.6.